The van der Waals surface area contributed by atoms with Crippen molar-refractivity contribution in [3.8, 4) is 11.5 Å². The van der Waals surface area contributed by atoms with Crippen LogP contribution < -0.4 is 0 Å². The normalized spacial score (nSPS) is 16.8. The third-order valence-corrected chi connectivity index (χ3v) is 5.16. The van der Waals surface area contributed by atoms with Gasteiger partial charge in [0.15, 0.2) is 5.82 Å². The SMILES string of the molecule is CC1Cn2c(nnc2-c2ccncn2)C(=O)N1Cc1cccc(C(F)(F)F)c1Cl. The molecule has 1 aliphatic heterocycles. The van der Waals surface area contributed by atoms with E-state index in [2.05, 4.69) is 20.2 Å². The van der Waals surface area contributed by atoms with Crippen LogP contribution in [-0.4, -0.2) is 41.6 Å². The van der Waals surface area contributed by atoms with Crippen molar-refractivity contribution in [2.75, 3.05) is 0 Å². The zero-order chi connectivity index (χ0) is 20.8. The number of halogens is 4. The fourth-order valence-electron chi connectivity index (χ4n) is 3.27. The number of carbonyl (C=O) groups excluding carboxylic acids is 1. The summed E-state index contributed by atoms with van der Waals surface area (Å²) in [5.41, 5.74) is -0.193. The second kappa shape index (κ2) is 7.11. The van der Waals surface area contributed by atoms with Crippen molar-refractivity contribution >= 4 is 17.5 Å². The number of fused-ring (bicyclic) bond motifs is 1. The van der Waals surface area contributed by atoms with Crippen LogP contribution in [0.25, 0.3) is 11.5 Å². The van der Waals surface area contributed by atoms with Crippen molar-refractivity contribution in [2.45, 2.75) is 32.2 Å². The van der Waals surface area contributed by atoms with Crippen molar-refractivity contribution in [1.29, 1.82) is 0 Å². The van der Waals surface area contributed by atoms with Gasteiger partial charge in [-0.05, 0) is 24.6 Å². The Hall–Kier alpha value is -3.01. The number of aromatic nitrogens is 5. The number of hydrogen-bond acceptors (Lipinski definition) is 5. The van der Waals surface area contributed by atoms with Gasteiger partial charge in [-0.2, -0.15) is 13.2 Å². The van der Waals surface area contributed by atoms with E-state index in [0.29, 0.717) is 18.1 Å². The predicted octanol–water partition coefficient (Wildman–Crippen LogP) is 3.45. The number of benzene rings is 1. The summed E-state index contributed by atoms with van der Waals surface area (Å²) < 4.78 is 41.0. The van der Waals surface area contributed by atoms with Crippen LogP contribution in [0.2, 0.25) is 5.02 Å². The summed E-state index contributed by atoms with van der Waals surface area (Å²) in [4.78, 5) is 22.4. The zero-order valence-electron chi connectivity index (χ0n) is 15.1. The van der Waals surface area contributed by atoms with Gasteiger partial charge in [0.25, 0.3) is 5.91 Å². The Balaban J connectivity index is 1.66. The summed E-state index contributed by atoms with van der Waals surface area (Å²) in [7, 11) is 0. The Morgan fingerprint density at radius 2 is 1.97 bits per heavy atom. The second-order valence-corrected chi connectivity index (χ2v) is 6.99. The molecule has 0 N–H and O–H groups in total. The highest BCUT2D eigenvalue weighted by molar-refractivity contribution is 6.32. The smallest absolute Gasteiger partial charge is 0.327 e. The molecule has 150 valence electrons. The average Bonchev–Trinajstić information content (AvgIpc) is 3.10. The summed E-state index contributed by atoms with van der Waals surface area (Å²) >= 11 is 5.99. The Morgan fingerprint density at radius 1 is 1.21 bits per heavy atom. The summed E-state index contributed by atoms with van der Waals surface area (Å²) in [5.74, 6) is 0.0872. The highest BCUT2D eigenvalue weighted by Gasteiger charge is 2.37. The van der Waals surface area contributed by atoms with E-state index in [1.807, 2.05) is 0 Å². The van der Waals surface area contributed by atoms with Crippen LogP contribution in [0.5, 0.6) is 0 Å². The third-order valence-electron chi connectivity index (χ3n) is 4.72. The van der Waals surface area contributed by atoms with Gasteiger partial charge in [-0.3, -0.25) is 9.36 Å². The maximum absolute atomic E-state index is 13.1. The molecule has 1 unspecified atom stereocenters. The van der Waals surface area contributed by atoms with E-state index in [9.17, 15) is 18.0 Å². The Morgan fingerprint density at radius 3 is 2.66 bits per heavy atom. The second-order valence-electron chi connectivity index (χ2n) is 6.61. The summed E-state index contributed by atoms with van der Waals surface area (Å²) in [6.07, 6.45) is -1.65. The first-order valence-corrected chi connectivity index (χ1v) is 9.00. The predicted molar refractivity (Wildman–Crippen MR) is 96.8 cm³/mol. The van der Waals surface area contributed by atoms with Gasteiger partial charge >= 0.3 is 6.18 Å². The monoisotopic (exact) mass is 422 g/mol. The van der Waals surface area contributed by atoms with Crippen LogP contribution in [0.3, 0.4) is 0 Å². The maximum atomic E-state index is 13.1. The molecule has 0 aliphatic carbocycles. The van der Waals surface area contributed by atoms with E-state index in [4.69, 9.17) is 11.6 Å². The zero-order valence-corrected chi connectivity index (χ0v) is 15.8. The summed E-state index contributed by atoms with van der Waals surface area (Å²) in [5, 5.41) is 7.62. The fraction of sp³-hybridized carbons (Fsp3) is 0.278. The number of carbonyl (C=O) groups is 1. The van der Waals surface area contributed by atoms with Crippen molar-refractivity contribution in [2.24, 2.45) is 0 Å². The highest BCUT2D eigenvalue weighted by atomic mass is 35.5. The van der Waals surface area contributed by atoms with Gasteiger partial charge in [0.2, 0.25) is 5.82 Å². The molecule has 0 saturated carbocycles. The molecular weight excluding hydrogens is 409 g/mol. The van der Waals surface area contributed by atoms with Gasteiger partial charge in [0.1, 0.15) is 12.0 Å². The molecule has 2 aromatic heterocycles. The summed E-state index contributed by atoms with van der Waals surface area (Å²) in [6, 6.07) is 5.00. The lowest BCUT2D eigenvalue weighted by Gasteiger charge is -2.34. The molecule has 1 amide bonds. The molecule has 0 fully saturated rings. The standard InChI is InChI=1S/C18H14ClF3N6O/c1-10-7-28-15(13-5-6-23-9-24-13)25-26-16(28)17(29)27(10)8-11-3-2-4-12(14(11)19)18(20,21)22/h2-6,9-10H,7-8H2,1H3. The Bertz CT molecular complexity index is 1070. The minimum absolute atomic E-state index is 0.0710. The molecule has 11 heteroatoms. The first kappa shape index (κ1) is 19.3. The first-order valence-electron chi connectivity index (χ1n) is 8.62. The topological polar surface area (TPSA) is 76.8 Å². The number of alkyl halides is 3. The number of rotatable bonds is 3. The van der Waals surface area contributed by atoms with Crippen LogP contribution >= 0.6 is 11.6 Å². The maximum Gasteiger partial charge on any atom is 0.417 e. The minimum atomic E-state index is -4.57. The first-order chi connectivity index (χ1) is 13.8. The van der Waals surface area contributed by atoms with Gasteiger partial charge in [0.05, 0.1) is 10.6 Å². The van der Waals surface area contributed by atoms with E-state index >= 15 is 0 Å². The molecule has 1 aliphatic rings. The van der Waals surface area contributed by atoms with Crippen LogP contribution in [0.15, 0.2) is 36.8 Å². The van der Waals surface area contributed by atoms with Gasteiger partial charge in [-0.1, -0.05) is 23.7 Å². The fourth-order valence-corrected chi connectivity index (χ4v) is 3.56. The molecule has 29 heavy (non-hydrogen) atoms. The minimum Gasteiger partial charge on any atom is -0.327 e. The van der Waals surface area contributed by atoms with Gasteiger partial charge in [0, 0.05) is 25.3 Å². The molecular formula is C18H14ClF3N6O. The van der Waals surface area contributed by atoms with E-state index in [-0.39, 0.29) is 24.0 Å². The van der Waals surface area contributed by atoms with Crippen molar-refractivity contribution < 1.29 is 18.0 Å². The molecule has 0 spiro atoms. The molecule has 3 heterocycles. The van der Waals surface area contributed by atoms with Gasteiger partial charge < -0.3 is 4.90 Å². The molecule has 0 radical (unpaired) electrons. The Labute approximate surface area is 168 Å². The molecule has 7 nitrogen and oxygen atoms in total. The number of nitrogens with zero attached hydrogens (tertiary/aromatic N) is 6. The van der Waals surface area contributed by atoms with Crippen molar-refractivity contribution in [3.63, 3.8) is 0 Å². The van der Waals surface area contributed by atoms with E-state index in [0.717, 1.165) is 6.07 Å². The van der Waals surface area contributed by atoms with Crippen LogP contribution in [-0.2, 0) is 19.3 Å². The van der Waals surface area contributed by atoms with E-state index in [1.54, 1.807) is 23.8 Å². The molecule has 0 saturated heterocycles. The molecule has 0 bridgehead atoms. The largest absolute Gasteiger partial charge is 0.417 e. The quantitative estimate of drug-likeness (QED) is 0.646. The van der Waals surface area contributed by atoms with Crippen molar-refractivity contribution in [1.82, 2.24) is 29.6 Å². The molecule has 3 aromatic rings. The van der Waals surface area contributed by atoms with Gasteiger partial charge in [-0.25, -0.2) is 9.97 Å². The van der Waals surface area contributed by atoms with Crippen LogP contribution in [0, 0.1) is 0 Å². The van der Waals surface area contributed by atoms with Crippen molar-refractivity contribution in [3.05, 3.63) is 58.8 Å². The van der Waals surface area contributed by atoms with Crippen LogP contribution in [0.4, 0.5) is 13.2 Å². The molecule has 1 atom stereocenters. The van der Waals surface area contributed by atoms with E-state index in [1.165, 1.54) is 23.4 Å². The lowest BCUT2D eigenvalue weighted by molar-refractivity contribution is -0.137. The lowest BCUT2D eigenvalue weighted by Crippen LogP contribution is -2.46. The number of amides is 1. The van der Waals surface area contributed by atoms with E-state index < -0.39 is 22.7 Å². The third kappa shape index (κ3) is 3.44. The Kier molecular flexibility index (Phi) is 4.73. The highest BCUT2D eigenvalue weighted by Crippen LogP contribution is 2.37. The summed E-state index contributed by atoms with van der Waals surface area (Å²) in [6.45, 7) is 2.09. The molecule has 1 aromatic carbocycles. The average molecular weight is 423 g/mol. The number of hydrogen-bond donors (Lipinski definition) is 0. The molecule has 4 rings (SSSR count). The van der Waals surface area contributed by atoms with Gasteiger partial charge in [-0.15, -0.1) is 10.2 Å². The lowest BCUT2D eigenvalue weighted by atomic mass is 10.1. The van der Waals surface area contributed by atoms with Crippen LogP contribution in [0.1, 0.15) is 28.7 Å².